The van der Waals surface area contributed by atoms with E-state index in [1.165, 1.54) is 0 Å². The molecule has 2 aromatic carbocycles. The van der Waals surface area contributed by atoms with Gasteiger partial charge in [-0.3, -0.25) is 0 Å². The van der Waals surface area contributed by atoms with Gasteiger partial charge in [-0.25, -0.2) is 9.97 Å². The first kappa shape index (κ1) is 14.8. The highest BCUT2D eigenvalue weighted by molar-refractivity contribution is 6.31. The second kappa shape index (κ2) is 6.32. The van der Waals surface area contributed by atoms with Gasteiger partial charge < -0.3 is 4.90 Å². The number of rotatable bonds is 4. The first-order chi connectivity index (χ1) is 10.7. The molecule has 0 amide bonds. The highest BCUT2D eigenvalue weighted by atomic mass is 35.5. The molecule has 0 N–H and O–H groups in total. The van der Waals surface area contributed by atoms with Crippen molar-refractivity contribution in [1.29, 1.82) is 0 Å². The Bertz CT molecular complexity index is 783. The van der Waals surface area contributed by atoms with Crippen molar-refractivity contribution in [2.45, 2.75) is 13.8 Å². The van der Waals surface area contributed by atoms with E-state index in [0.717, 1.165) is 41.2 Å². The fraction of sp³-hybridized carbons (Fsp3) is 0.222. The molecule has 0 spiro atoms. The lowest BCUT2D eigenvalue weighted by molar-refractivity contribution is 0.827. The van der Waals surface area contributed by atoms with Crippen LogP contribution in [0.2, 0.25) is 5.02 Å². The number of benzene rings is 2. The van der Waals surface area contributed by atoms with Crippen LogP contribution in [0, 0.1) is 0 Å². The van der Waals surface area contributed by atoms with E-state index in [2.05, 4.69) is 30.9 Å². The van der Waals surface area contributed by atoms with Gasteiger partial charge >= 0.3 is 0 Å². The van der Waals surface area contributed by atoms with Crippen LogP contribution in [0.4, 0.5) is 5.95 Å². The molecule has 0 unspecified atom stereocenters. The summed E-state index contributed by atoms with van der Waals surface area (Å²) < 4.78 is 0. The van der Waals surface area contributed by atoms with Gasteiger partial charge in [0.2, 0.25) is 5.95 Å². The average molecular weight is 312 g/mol. The van der Waals surface area contributed by atoms with Gasteiger partial charge in [0.25, 0.3) is 0 Å². The third-order valence-electron chi connectivity index (χ3n) is 3.74. The summed E-state index contributed by atoms with van der Waals surface area (Å²) in [6.07, 6.45) is 0. The number of hydrogen-bond donors (Lipinski definition) is 0. The molecule has 0 saturated heterocycles. The van der Waals surface area contributed by atoms with Gasteiger partial charge in [-0.05, 0) is 32.0 Å². The lowest BCUT2D eigenvalue weighted by Gasteiger charge is -2.20. The summed E-state index contributed by atoms with van der Waals surface area (Å²) in [4.78, 5) is 11.7. The fourth-order valence-electron chi connectivity index (χ4n) is 2.55. The molecule has 1 aromatic heterocycles. The Kier molecular flexibility index (Phi) is 4.25. The van der Waals surface area contributed by atoms with Crippen LogP contribution >= 0.6 is 11.6 Å². The zero-order valence-corrected chi connectivity index (χ0v) is 13.5. The molecule has 0 bridgehead atoms. The summed E-state index contributed by atoms with van der Waals surface area (Å²) in [6.45, 7) is 5.96. The van der Waals surface area contributed by atoms with Gasteiger partial charge in [0.05, 0.1) is 11.2 Å². The fourth-order valence-corrected chi connectivity index (χ4v) is 2.72. The van der Waals surface area contributed by atoms with Crippen molar-refractivity contribution >= 4 is 28.5 Å². The molecular formula is C18H18ClN3. The quantitative estimate of drug-likeness (QED) is 0.693. The summed E-state index contributed by atoms with van der Waals surface area (Å²) in [6, 6.07) is 16.0. The molecular weight excluding hydrogens is 294 g/mol. The van der Waals surface area contributed by atoms with Crippen molar-refractivity contribution in [3.63, 3.8) is 0 Å². The summed E-state index contributed by atoms with van der Waals surface area (Å²) in [5.41, 5.74) is 2.91. The van der Waals surface area contributed by atoms with Crippen LogP contribution in [0.5, 0.6) is 0 Å². The molecule has 112 valence electrons. The van der Waals surface area contributed by atoms with Crippen molar-refractivity contribution in [1.82, 2.24) is 9.97 Å². The van der Waals surface area contributed by atoms with Crippen LogP contribution < -0.4 is 4.90 Å². The average Bonchev–Trinajstić information content (AvgIpc) is 2.55. The van der Waals surface area contributed by atoms with E-state index in [1.807, 2.05) is 36.4 Å². The minimum absolute atomic E-state index is 0.690. The highest BCUT2D eigenvalue weighted by Gasteiger charge is 2.13. The molecule has 0 aliphatic rings. The second-order valence-electron chi connectivity index (χ2n) is 5.07. The Hall–Kier alpha value is -2.13. The van der Waals surface area contributed by atoms with E-state index < -0.39 is 0 Å². The monoisotopic (exact) mass is 311 g/mol. The number of halogens is 1. The largest absolute Gasteiger partial charge is 0.341 e. The molecule has 3 aromatic rings. The number of nitrogens with zero attached hydrogens (tertiary/aromatic N) is 3. The minimum Gasteiger partial charge on any atom is -0.341 e. The van der Waals surface area contributed by atoms with Crippen LogP contribution in [-0.4, -0.2) is 23.1 Å². The first-order valence-electron chi connectivity index (χ1n) is 7.50. The van der Waals surface area contributed by atoms with Crippen molar-refractivity contribution in [2.75, 3.05) is 18.0 Å². The van der Waals surface area contributed by atoms with Crippen LogP contribution in [0.15, 0.2) is 48.5 Å². The van der Waals surface area contributed by atoms with Gasteiger partial charge in [0.15, 0.2) is 0 Å². The van der Waals surface area contributed by atoms with E-state index in [4.69, 9.17) is 21.6 Å². The van der Waals surface area contributed by atoms with Gasteiger partial charge in [0.1, 0.15) is 0 Å². The van der Waals surface area contributed by atoms with E-state index in [-0.39, 0.29) is 0 Å². The summed E-state index contributed by atoms with van der Waals surface area (Å²) in [5.74, 6) is 0.749. The Labute approximate surface area is 135 Å². The zero-order chi connectivity index (χ0) is 15.5. The minimum atomic E-state index is 0.690. The normalized spacial score (nSPS) is 10.9. The van der Waals surface area contributed by atoms with Gasteiger partial charge in [-0.1, -0.05) is 41.9 Å². The molecule has 0 saturated carbocycles. The molecule has 4 heteroatoms. The molecule has 1 heterocycles. The number of anilines is 1. The van der Waals surface area contributed by atoms with E-state index >= 15 is 0 Å². The maximum absolute atomic E-state index is 6.14. The molecule has 3 nitrogen and oxygen atoms in total. The van der Waals surface area contributed by atoms with Gasteiger partial charge in [0, 0.05) is 29.1 Å². The Morgan fingerprint density at radius 3 is 2.36 bits per heavy atom. The number of aromatic nitrogens is 2. The third kappa shape index (κ3) is 2.77. The van der Waals surface area contributed by atoms with Crippen LogP contribution in [0.25, 0.3) is 22.2 Å². The Morgan fingerprint density at radius 1 is 0.955 bits per heavy atom. The van der Waals surface area contributed by atoms with Crippen molar-refractivity contribution < 1.29 is 0 Å². The van der Waals surface area contributed by atoms with Crippen molar-refractivity contribution in [3.05, 3.63) is 53.6 Å². The molecule has 3 rings (SSSR count). The maximum Gasteiger partial charge on any atom is 0.226 e. The zero-order valence-electron chi connectivity index (χ0n) is 12.8. The molecule has 0 fully saturated rings. The third-order valence-corrected chi connectivity index (χ3v) is 3.98. The number of hydrogen-bond acceptors (Lipinski definition) is 3. The highest BCUT2D eigenvalue weighted by Crippen LogP contribution is 2.29. The predicted octanol–water partition coefficient (Wildman–Crippen LogP) is 4.80. The SMILES string of the molecule is CCN(CC)c1nc(-c2ccccc2)c2ccc(Cl)cc2n1. The number of fused-ring (bicyclic) bond motifs is 1. The van der Waals surface area contributed by atoms with Crippen LogP contribution in [0.1, 0.15) is 13.8 Å². The van der Waals surface area contributed by atoms with Crippen molar-refractivity contribution in [3.8, 4) is 11.3 Å². The van der Waals surface area contributed by atoms with Gasteiger partial charge in [-0.2, -0.15) is 0 Å². The summed E-state index contributed by atoms with van der Waals surface area (Å²) in [7, 11) is 0. The van der Waals surface area contributed by atoms with Crippen LogP contribution in [0.3, 0.4) is 0 Å². The smallest absolute Gasteiger partial charge is 0.226 e. The molecule has 0 aliphatic carbocycles. The lowest BCUT2D eigenvalue weighted by atomic mass is 10.1. The predicted molar refractivity (Wildman–Crippen MR) is 93.5 cm³/mol. The van der Waals surface area contributed by atoms with E-state index in [9.17, 15) is 0 Å². The Morgan fingerprint density at radius 2 is 1.68 bits per heavy atom. The summed E-state index contributed by atoms with van der Waals surface area (Å²) in [5, 5.41) is 1.71. The van der Waals surface area contributed by atoms with Gasteiger partial charge in [-0.15, -0.1) is 0 Å². The first-order valence-corrected chi connectivity index (χ1v) is 7.88. The molecule has 0 aliphatic heterocycles. The standard InChI is InChI=1S/C18H18ClN3/c1-3-22(4-2)18-20-16-12-14(19)10-11-15(16)17(21-18)13-8-6-5-7-9-13/h5-12H,3-4H2,1-2H3. The summed E-state index contributed by atoms with van der Waals surface area (Å²) >= 11 is 6.14. The molecule has 22 heavy (non-hydrogen) atoms. The van der Waals surface area contributed by atoms with Crippen LogP contribution in [-0.2, 0) is 0 Å². The molecule has 0 atom stereocenters. The topological polar surface area (TPSA) is 29.0 Å². The Balaban J connectivity index is 2.28. The van der Waals surface area contributed by atoms with E-state index in [1.54, 1.807) is 0 Å². The second-order valence-corrected chi connectivity index (χ2v) is 5.51. The maximum atomic E-state index is 6.14. The van der Waals surface area contributed by atoms with E-state index in [0.29, 0.717) is 5.02 Å². The molecule has 0 radical (unpaired) electrons. The lowest BCUT2D eigenvalue weighted by Crippen LogP contribution is -2.24. The van der Waals surface area contributed by atoms with Crippen molar-refractivity contribution in [2.24, 2.45) is 0 Å².